The number of nitrogens with one attached hydrogen (secondary N) is 1. The molecule has 1 aromatic rings. The van der Waals surface area contributed by atoms with Gasteiger partial charge in [0, 0.05) is 25.2 Å². The Kier molecular flexibility index (Phi) is 2.97. The van der Waals surface area contributed by atoms with Gasteiger partial charge in [-0.05, 0) is 31.7 Å². The van der Waals surface area contributed by atoms with Crippen molar-refractivity contribution < 1.29 is 4.39 Å². The van der Waals surface area contributed by atoms with Gasteiger partial charge in [-0.1, -0.05) is 0 Å². The zero-order chi connectivity index (χ0) is 11.7. The highest BCUT2D eigenvalue weighted by molar-refractivity contribution is 5.44. The van der Waals surface area contributed by atoms with Gasteiger partial charge >= 0.3 is 0 Å². The van der Waals surface area contributed by atoms with Gasteiger partial charge in [0.1, 0.15) is 5.82 Å². The first-order valence-corrected chi connectivity index (χ1v) is 6.42. The molecule has 0 amide bonds. The molecule has 0 saturated carbocycles. The second-order valence-corrected chi connectivity index (χ2v) is 5.06. The van der Waals surface area contributed by atoms with Crippen LogP contribution in [-0.2, 0) is 0 Å². The van der Waals surface area contributed by atoms with Crippen molar-refractivity contribution in [1.29, 1.82) is 0 Å². The van der Waals surface area contributed by atoms with E-state index in [0.29, 0.717) is 6.04 Å². The lowest BCUT2D eigenvalue weighted by atomic mass is 9.97. The van der Waals surface area contributed by atoms with Crippen LogP contribution in [0, 0.1) is 11.7 Å². The molecule has 2 saturated heterocycles. The number of fused-ring (bicyclic) bond motifs is 1. The van der Waals surface area contributed by atoms with E-state index in [2.05, 4.69) is 15.2 Å². The van der Waals surface area contributed by atoms with E-state index in [1.807, 2.05) is 0 Å². The minimum Gasteiger partial charge on any atom is -0.369 e. The number of aromatic nitrogens is 1. The van der Waals surface area contributed by atoms with E-state index in [1.165, 1.54) is 25.5 Å². The van der Waals surface area contributed by atoms with Crippen molar-refractivity contribution in [3.63, 3.8) is 0 Å². The summed E-state index contributed by atoms with van der Waals surface area (Å²) in [4.78, 5) is 6.20. The van der Waals surface area contributed by atoms with Crippen LogP contribution >= 0.6 is 0 Å². The Hall–Kier alpha value is -1.16. The number of pyridine rings is 1. The van der Waals surface area contributed by atoms with Crippen LogP contribution in [0.4, 0.5) is 10.1 Å². The van der Waals surface area contributed by atoms with E-state index in [0.717, 1.165) is 31.2 Å². The van der Waals surface area contributed by atoms with E-state index < -0.39 is 0 Å². The van der Waals surface area contributed by atoms with Gasteiger partial charge < -0.3 is 10.2 Å². The third-order valence-electron chi connectivity index (χ3n) is 3.97. The van der Waals surface area contributed by atoms with Crippen molar-refractivity contribution >= 4 is 5.69 Å². The largest absolute Gasteiger partial charge is 0.369 e. The zero-order valence-electron chi connectivity index (χ0n) is 9.90. The fourth-order valence-corrected chi connectivity index (χ4v) is 3.06. The Morgan fingerprint density at radius 1 is 1.35 bits per heavy atom. The highest BCUT2D eigenvalue weighted by Gasteiger charge is 2.30. The van der Waals surface area contributed by atoms with Gasteiger partial charge in [0.2, 0.25) is 0 Å². The van der Waals surface area contributed by atoms with Gasteiger partial charge in [0.05, 0.1) is 18.1 Å². The highest BCUT2D eigenvalue weighted by atomic mass is 19.1. The fraction of sp³-hybridized carbons (Fsp3) is 0.615. The van der Waals surface area contributed by atoms with E-state index >= 15 is 0 Å². The summed E-state index contributed by atoms with van der Waals surface area (Å²) in [6.45, 7) is 3.13. The molecule has 17 heavy (non-hydrogen) atoms. The van der Waals surface area contributed by atoms with Crippen molar-refractivity contribution in [2.45, 2.75) is 25.3 Å². The van der Waals surface area contributed by atoms with Crippen LogP contribution in [-0.4, -0.2) is 30.7 Å². The molecule has 4 heteroatoms. The second-order valence-electron chi connectivity index (χ2n) is 5.06. The molecule has 1 N–H and O–H groups in total. The van der Waals surface area contributed by atoms with E-state index in [1.54, 1.807) is 12.3 Å². The molecule has 92 valence electrons. The molecule has 2 atom stereocenters. The van der Waals surface area contributed by atoms with Crippen molar-refractivity contribution in [3.8, 4) is 0 Å². The van der Waals surface area contributed by atoms with Gasteiger partial charge in [-0.3, -0.25) is 4.98 Å². The second kappa shape index (κ2) is 4.61. The Balaban J connectivity index is 1.78. The lowest BCUT2D eigenvalue weighted by molar-refractivity contribution is 0.445. The topological polar surface area (TPSA) is 28.2 Å². The lowest BCUT2D eigenvalue weighted by Crippen LogP contribution is -2.38. The molecule has 0 radical (unpaired) electrons. The van der Waals surface area contributed by atoms with Gasteiger partial charge in [0.25, 0.3) is 0 Å². The minimum atomic E-state index is -0.248. The normalized spacial score (nSPS) is 28.9. The molecule has 2 aliphatic rings. The molecule has 2 fully saturated rings. The first-order chi connectivity index (χ1) is 8.33. The Morgan fingerprint density at radius 3 is 3.18 bits per heavy atom. The van der Waals surface area contributed by atoms with E-state index in [4.69, 9.17) is 0 Å². The van der Waals surface area contributed by atoms with Crippen LogP contribution in [0.2, 0.25) is 0 Å². The average Bonchev–Trinajstić information content (AvgIpc) is 2.66. The lowest BCUT2D eigenvalue weighted by Gasteiger charge is -2.26. The van der Waals surface area contributed by atoms with Crippen molar-refractivity contribution in [2.75, 3.05) is 24.5 Å². The number of nitrogens with zero attached hydrogens (tertiary/aromatic N) is 2. The summed E-state index contributed by atoms with van der Waals surface area (Å²) in [5, 5.41) is 3.56. The molecule has 3 rings (SSSR count). The molecule has 2 aliphatic heterocycles. The van der Waals surface area contributed by atoms with Gasteiger partial charge in [-0.15, -0.1) is 0 Å². The Morgan fingerprint density at radius 2 is 2.29 bits per heavy atom. The summed E-state index contributed by atoms with van der Waals surface area (Å²) < 4.78 is 13.2. The molecule has 3 heterocycles. The molecule has 0 bridgehead atoms. The first kappa shape index (κ1) is 11.0. The first-order valence-electron chi connectivity index (χ1n) is 6.42. The number of hydrogen-bond donors (Lipinski definition) is 1. The smallest absolute Gasteiger partial charge is 0.143 e. The molecule has 0 spiro atoms. The average molecular weight is 235 g/mol. The van der Waals surface area contributed by atoms with Crippen LogP contribution in [0.3, 0.4) is 0 Å². The summed E-state index contributed by atoms with van der Waals surface area (Å²) in [5.41, 5.74) is 0.916. The van der Waals surface area contributed by atoms with E-state index in [-0.39, 0.29) is 5.82 Å². The molecule has 1 aromatic heterocycles. The van der Waals surface area contributed by atoms with Crippen LogP contribution in [0.25, 0.3) is 0 Å². The number of anilines is 1. The molecule has 3 nitrogen and oxygen atoms in total. The minimum absolute atomic E-state index is 0.248. The predicted octanol–water partition coefficient (Wildman–Crippen LogP) is 1.80. The summed E-state index contributed by atoms with van der Waals surface area (Å²) >= 11 is 0. The van der Waals surface area contributed by atoms with Crippen LogP contribution in [0.5, 0.6) is 0 Å². The summed E-state index contributed by atoms with van der Waals surface area (Å²) in [7, 11) is 0. The van der Waals surface area contributed by atoms with Crippen molar-refractivity contribution in [2.24, 2.45) is 5.92 Å². The van der Waals surface area contributed by atoms with Crippen molar-refractivity contribution in [1.82, 2.24) is 10.3 Å². The van der Waals surface area contributed by atoms with Gasteiger partial charge in [0.15, 0.2) is 0 Å². The van der Waals surface area contributed by atoms with Crippen LogP contribution in [0.15, 0.2) is 18.5 Å². The van der Waals surface area contributed by atoms with Gasteiger partial charge in [-0.25, -0.2) is 4.39 Å². The van der Waals surface area contributed by atoms with Crippen LogP contribution < -0.4 is 10.2 Å². The van der Waals surface area contributed by atoms with Crippen LogP contribution in [0.1, 0.15) is 19.3 Å². The SMILES string of the molecule is Fc1cncc(N2CCC[C@H]3CCN[C@H]3C2)c1. The van der Waals surface area contributed by atoms with Crippen molar-refractivity contribution in [3.05, 3.63) is 24.3 Å². The molecular formula is C13H18FN3. The Labute approximate surface area is 101 Å². The maximum Gasteiger partial charge on any atom is 0.143 e. The maximum atomic E-state index is 13.2. The fourth-order valence-electron chi connectivity index (χ4n) is 3.06. The molecule has 0 aliphatic carbocycles. The maximum absolute atomic E-state index is 13.2. The molecule has 0 aromatic carbocycles. The standard InChI is InChI=1S/C13H18FN3/c14-11-6-12(8-15-7-11)17-5-1-2-10-3-4-16-13(10)9-17/h6-8,10,13,16H,1-5,9H2/t10-,13-/m0/s1. The summed E-state index contributed by atoms with van der Waals surface area (Å²) in [6.07, 6.45) is 6.80. The predicted molar refractivity (Wildman–Crippen MR) is 65.5 cm³/mol. The monoisotopic (exact) mass is 235 g/mol. The molecule has 0 unspecified atom stereocenters. The third-order valence-corrected chi connectivity index (χ3v) is 3.97. The van der Waals surface area contributed by atoms with E-state index in [9.17, 15) is 4.39 Å². The highest BCUT2D eigenvalue weighted by Crippen LogP contribution is 2.27. The molecular weight excluding hydrogens is 217 g/mol. The number of hydrogen-bond acceptors (Lipinski definition) is 3. The van der Waals surface area contributed by atoms with Gasteiger partial charge in [-0.2, -0.15) is 0 Å². The summed E-state index contributed by atoms with van der Waals surface area (Å²) in [5.74, 6) is 0.559. The number of halogens is 1. The summed E-state index contributed by atoms with van der Waals surface area (Å²) in [6, 6.07) is 2.16. The third kappa shape index (κ3) is 2.27. The quantitative estimate of drug-likeness (QED) is 0.804. The zero-order valence-corrected chi connectivity index (χ0v) is 9.90. The Bertz CT molecular complexity index is 396. The number of rotatable bonds is 1.